The molecule has 2 heterocycles. The Balaban J connectivity index is 1.64. The van der Waals surface area contributed by atoms with Gasteiger partial charge in [-0.1, -0.05) is 30.3 Å². The van der Waals surface area contributed by atoms with Gasteiger partial charge in [-0.25, -0.2) is 0 Å². The van der Waals surface area contributed by atoms with Crippen molar-refractivity contribution >= 4 is 0 Å². The number of piperidine rings is 1. The molecule has 0 aliphatic carbocycles. The van der Waals surface area contributed by atoms with Crippen molar-refractivity contribution in [3.63, 3.8) is 0 Å². The van der Waals surface area contributed by atoms with Gasteiger partial charge in [-0.15, -0.1) is 0 Å². The standard InChI is InChI=1S/C18H23NO2/c1-20-18-7-9-19(12-16-8-10-21-14-16)13-17(18)11-15-5-3-2-4-6-15/h2-6,8,10,14,17-18H,7,9,11-13H2,1H3/t17-,18-/m0/s1. The summed E-state index contributed by atoms with van der Waals surface area (Å²) in [6, 6.07) is 12.8. The van der Waals surface area contributed by atoms with Gasteiger partial charge in [-0.2, -0.15) is 0 Å². The van der Waals surface area contributed by atoms with Crippen LogP contribution < -0.4 is 0 Å². The molecule has 0 radical (unpaired) electrons. The highest BCUT2D eigenvalue weighted by Crippen LogP contribution is 2.24. The quantitative estimate of drug-likeness (QED) is 0.842. The van der Waals surface area contributed by atoms with Gasteiger partial charge in [-0.05, 0) is 24.5 Å². The molecule has 0 N–H and O–H groups in total. The van der Waals surface area contributed by atoms with Crippen molar-refractivity contribution in [2.24, 2.45) is 5.92 Å². The van der Waals surface area contributed by atoms with Crippen LogP contribution in [0.3, 0.4) is 0 Å². The van der Waals surface area contributed by atoms with E-state index in [1.54, 1.807) is 6.26 Å². The largest absolute Gasteiger partial charge is 0.472 e. The summed E-state index contributed by atoms with van der Waals surface area (Å²) in [4.78, 5) is 2.51. The molecule has 1 saturated heterocycles. The number of benzene rings is 1. The molecule has 3 rings (SSSR count). The second-order valence-electron chi connectivity index (χ2n) is 5.88. The van der Waals surface area contributed by atoms with E-state index in [0.717, 1.165) is 32.5 Å². The number of furan rings is 1. The van der Waals surface area contributed by atoms with E-state index in [0.29, 0.717) is 12.0 Å². The van der Waals surface area contributed by atoms with Gasteiger partial charge in [0.15, 0.2) is 0 Å². The van der Waals surface area contributed by atoms with Crippen LogP contribution in [0, 0.1) is 5.92 Å². The van der Waals surface area contributed by atoms with Crippen LogP contribution in [0.25, 0.3) is 0 Å². The minimum absolute atomic E-state index is 0.366. The Labute approximate surface area is 126 Å². The van der Waals surface area contributed by atoms with Gasteiger partial charge in [0.05, 0.1) is 18.6 Å². The molecule has 2 atom stereocenters. The Morgan fingerprint density at radius 3 is 2.76 bits per heavy atom. The fourth-order valence-electron chi connectivity index (χ4n) is 3.29. The van der Waals surface area contributed by atoms with Gasteiger partial charge >= 0.3 is 0 Å². The first-order chi connectivity index (χ1) is 10.3. The van der Waals surface area contributed by atoms with Gasteiger partial charge in [0.1, 0.15) is 0 Å². The zero-order valence-corrected chi connectivity index (χ0v) is 12.6. The maximum atomic E-state index is 5.71. The molecular weight excluding hydrogens is 262 g/mol. The zero-order valence-electron chi connectivity index (χ0n) is 12.6. The minimum atomic E-state index is 0.366. The Bertz CT molecular complexity index is 523. The number of ether oxygens (including phenoxy) is 1. The van der Waals surface area contributed by atoms with Gasteiger partial charge in [0.2, 0.25) is 0 Å². The van der Waals surface area contributed by atoms with E-state index < -0.39 is 0 Å². The predicted molar refractivity (Wildman–Crippen MR) is 83.0 cm³/mol. The third kappa shape index (κ3) is 3.74. The number of methoxy groups -OCH3 is 1. The number of hydrogen-bond donors (Lipinski definition) is 0. The van der Waals surface area contributed by atoms with E-state index in [1.165, 1.54) is 11.1 Å². The second-order valence-corrected chi connectivity index (χ2v) is 5.88. The summed E-state index contributed by atoms with van der Waals surface area (Å²) in [6.07, 6.45) is 6.14. The second kappa shape index (κ2) is 6.92. The summed E-state index contributed by atoms with van der Waals surface area (Å²) < 4.78 is 10.9. The monoisotopic (exact) mass is 285 g/mol. The fourth-order valence-corrected chi connectivity index (χ4v) is 3.29. The average Bonchev–Trinajstić information content (AvgIpc) is 3.02. The third-order valence-electron chi connectivity index (χ3n) is 4.38. The SMILES string of the molecule is CO[C@H]1CCN(Cc2ccoc2)C[C@@H]1Cc1ccccc1. The molecule has 1 fully saturated rings. The maximum Gasteiger partial charge on any atom is 0.0947 e. The van der Waals surface area contributed by atoms with Gasteiger partial charge in [-0.3, -0.25) is 4.90 Å². The molecule has 1 aromatic carbocycles. The van der Waals surface area contributed by atoms with Crippen LogP contribution in [0.15, 0.2) is 53.3 Å². The molecule has 0 unspecified atom stereocenters. The van der Waals surface area contributed by atoms with Gasteiger partial charge in [0, 0.05) is 38.2 Å². The van der Waals surface area contributed by atoms with Crippen molar-refractivity contribution in [2.45, 2.75) is 25.5 Å². The fraction of sp³-hybridized carbons (Fsp3) is 0.444. The number of likely N-dealkylation sites (tertiary alicyclic amines) is 1. The number of rotatable bonds is 5. The molecule has 0 saturated carbocycles. The Morgan fingerprint density at radius 2 is 2.05 bits per heavy atom. The zero-order chi connectivity index (χ0) is 14.5. The van der Waals surface area contributed by atoms with Crippen molar-refractivity contribution in [3.8, 4) is 0 Å². The van der Waals surface area contributed by atoms with Crippen molar-refractivity contribution in [3.05, 3.63) is 60.1 Å². The van der Waals surface area contributed by atoms with Crippen LogP contribution >= 0.6 is 0 Å². The van der Waals surface area contributed by atoms with Crippen molar-refractivity contribution < 1.29 is 9.15 Å². The smallest absolute Gasteiger partial charge is 0.0947 e. The average molecular weight is 285 g/mol. The molecule has 3 heteroatoms. The van der Waals surface area contributed by atoms with Gasteiger partial charge in [0.25, 0.3) is 0 Å². The molecule has 1 aliphatic heterocycles. The van der Waals surface area contributed by atoms with Crippen LogP contribution in [0.2, 0.25) is 0 Å². The van der Waals surface area contributed by atoms with Crippen LogP contribution in [0.5, 0.6) is 0 Å². The summed E-state index contributed by atoms with van der Waals surface area (Å²) in [5, 5.41) is 0. The topological polar surface area (TPSA) is 25.6 Å². The van der Waals surface area contributed by atoms with Crippen LogP contribution in [-0.2, 0) is 17.7 Å². The highest BCUT2D eigenvalue weighted by molar-refractivity contribution is 5.16. The molecule has 1 aliphatic rings. The Kier molecular flexibility index (Phi) is 4.73. The molecule has 21 heavy (non-hydrogen) atoms. The summed E-state index contributed by atoms with van der Waals surface area (Å²) in [6.45, 7) is 3.14. The molecular formula is C18H23NO2. The lowest BCUT2D eigenvalue weighted by Crippen LogP contribution is -2.44. The third-order valence-corrected chi connectivity index (χ3v) is 4.38. The molecule has 2 aromatic rings. The van der Waals surface area contributed by atoms with E-state index in [9.17, 15) is 0 Å². The molecule has 112 valence electrons. The van der Waals surface area contributed by atoms with Gasteiger partial charge < -0.3 is 9.15 Å². The Morgan fingerprint density at radius 1 is 1.19 bits per heavy atom. The number of nitrogens with zero attached hydrogens (tertiary/aromatic N) is 1. The molecule has 1 aromatic heterocycles. The first-order valence-electron chi connectivity index (χ1n) is 7.65. The molecule has 0 spiro atoms. The van der Waals surface area contributed by atoms with E-state index >= 15 is 0 Å². The highest BCUT2D eigenvalue weighted by Gasteiger charge is 2.29. The summed E-state index contributed by atoms with van der Waals surface area (Å²) in [5.74, 6) is 0.554. The van der Waals surface area contributed by atoms with E-state index in [-0.39, 0.29) is 0 Å². The lowest BCUT2D eigenvalue weighted by Gasteiger charge is -2.38. The maximum absolute atomic E-state index is 5.71. The lowest BCUT2D eigenvalue weighted by molar-refractivity contribution is -0.00851. The minimum Gasteiger partial charge on any atom is -0.472 e. The Hall–Kier alpha value is -1.58. The van der Waals surface area contributed by atoms with Crippen LogP contribution in [0.1, 0.15) is 17.5 Å². The molecule has 0 bridgehead atoms. The molecule has 3 nitrogen and oxygen atoms in total. The normalized spacial score (nSPS) is 23.3. The summed E-state index contributed by atoms with van der Waals surface area (Å²) in [5.41, 5.74) is 2.65. The first-order valence-corrected chi connectivity index (χ1v) is 7.65. The predicted octanol–water partition coefficient (Wildman–Crippen LogP) is 3.36. The van der Waals surface area contributed by atoms with E-state index in [4.69, 9.17) is 9.15 Å². The van der Waals surface area contributed by atoms with E-state index in [1.807, 2.05) is 13.4 Å². The van der Waals surface area contributed by atoms with E-state index in [2.05, 4.69) is 41.3 Å². The van der Waals surface area contributed by atoms with Crippen molar-refractivity contribution in [1.82, 2.24) is 4.90 Å². The summed E-state index contributed by atoms with van der Waals surface area (Å²) >= 11 is 0. The molecule has 0 amide bonds. The van der Waals surface area contributed by atoms with Crippen molar-refractivity contribution in [2.75, 3.05) is 20.2 Å². The van der Waals surface area contributed by atoms with Crippen LogP contribution in [0.4, 0.5) is 0 Å². The number of hydrogen-bond acceptors (Lipinski definition) is 3. The lowest BCUT2D eigenvalue weighted by atomic mass is 9.88. The summed E-state index contributed by atoms with van der Waals surface area (Å²) in [7, 11) is 1.84. The van der Waals surface area contributed by atoms with Crippen LogP contribution in [-0.4, -0.2) is 31.2 Å². The first kappa shape index (κ1) is 14.4. The highest BCUT2D eigenvalue weighted by atomic mass is 16.5. The van der Waals surface area contributed by atoms with Crippen molar-refractivity contribution in [1.29, 1.82) is 0 Å².